The lowest BCUT2D eigenvalue weighted by Gasteiger charge is -2.39. The number of esters is 1. The van der Waals surface area contributed by atoms with Crippen LogP contribution >= 0.6 is 0 Å². The third-order valence-electron chi connectivity index (χ3n) is 11.2. The molecule has 0 unspecified atom stereocenters. The number of nitrogens with zero attached hydrogens (tertiary/aromatic N) is 4. The fourth-order valence-corrected chi connectivity index (χ4v) is 8.30. The van der Waals surface area contributed by atoms with E-state index in [9.17, 15) is 19.5 Å². The van der Waals surface area contributed by atoms with E-state index in [0.717, 1.165) is 33.6 Å². The SMILES string of the molecule is COC(=O)C[C@@H]1Nc2ccc([C@H](O)N(Cc3ccccc3)Cc3nccn3C(c3ccccc3)(c3ccccc3)c3ccccc3)cc2CN(CCCNC(=O)OC(C)(C)C)C1=O. The van der Waals surface area contributed by atoms with Crippen LogP contribution in [0, 0.1) is 0 Å². The number of nitrogens with one attached hydrogen (secondary N) is 2. The zero-order chi connectivity index (χ0) is 44.4. The molecule has 1 aliphatic heterocycles. The molecule has 1 aliphatic rings. The number of methoxy groups -OCH3 is 1. The average molecular weight is 849 g/mol. The van der Waals surface area contributed by atoms with Gasteiger partial charge in [0.1, 0.15) is 29.2 Å². The fraction of sp³-hybridized carbons (Fsp3) is 0.294. The van der Waals surface area contributed by atoms with Gasteiger partial charge >= 0.3 is 12.1 Å². The number of imidazole rings is 1. The molecule has 0 spiro atoms. The van der Waals surface area contributed by atoms with Crippen molar-refractivity contribution in [2.45, 2.75) is 76.7 Å². The number of aliphatic hydroxyl groups excluding tert-OH is 1. The summed E-state index contributed by atoms with van der Waals surface area (Å²) in [7, 11) is 1.30. The first-order valence-electron chi connectivity index (χ1n) is 21.3. The topological polar surface area (TPSA) is 138 Å². The molecule has 12 heteroatoms. The van der Waals surface area contributed by atoms with E-state index < -0.39 is 35.5 Å². The van der Waals surface area contributed by atoms with Crippen LogP contribution in [0.2, 0.25) is 0 Å². The van der Waals surface area contributed by atoms with Crippen molar-refractivity contribution >= 4 is 23.7 Å². The van der Waals surface area contributed by atoms with Crippen LogP contribution < -0.4 is 10.6 Å². The third-order valence-corrected chi connectivity index (χ3v) is 11.2. The van der Waals surface area contributed by atoms with Crippen molar-refractivity contribution in [1.29, 1.82) is 0 Å². The van der Waals surface area contributed by atoms with E-state index in [4.69, 9.17) is 14.5 Å². The largest absolute Gasteiger partial charge is 0.469 e. The van der Waals surface area contributed by atoms with Crippen molar-refractivity contribution in [3.05, 3.63) is 191 Å². The fourth-order valence-electron chi connectivity index (χ4n) is 8.30. The lowest BCUT2D eigenvalue weighted by atomic mass is 9.76. The molecule has 5 aromatic carbocycles. The molecule has 1 aromatic heterocycles. The van der Waals surface area contributed by atoms with Crippen molar-refractivity contribution in [3.8, 4) is 0 Å². The maximum Gasteiger partial charge on any atom is 0.407 e. The second-order valence-corrected chi connectivity index (χ2v) is 16.7. The smallest absolute Gasteiger partial charge is 0.407 e. The van der Waals surface area contributed by atoms with Crippen molar-refractivity contribution in [2.24, 2.45) is 0 Å². The third kappa shape index (κ3) is 10.5. The summed E-state index contributed by atoms with van der Waals surface area (Å²) in [5.74, 6) is -0.0544. The van der Waals surface area contributed by atoms with Crippen LogP contribution in [0.25, 0.3) is 0 Å². The van der Waals surface area contributed by atoms with Gasteiger partial charge < -0.3 is 34.7 Å². The monoisotopic (exact) mass is 848 g/mol. The first-order valence-corrected chi connectivity index (χ1v) is 21.3. The number of carbonyl (C=O) groups is 3. The molecule has 7 rings (SSSR count). The highest BCUT2D eigenvalue weighted by molar-refractivity contribution is 5.90. The molecule has 2 heterocycles. The Morgan fingerprint density at radius 3 is 2.02 bits per heavy atom. The molecule has 0 saturated carbocycles. The number of fused-ring (bicyclic) bond motifs is 1. The molecule has 12 nitrogen and oxygen atoms in total. The van der Waals surface area contributed by atoms with Gasteiger partial charge in [0.25, 0.3) is 0 Å². The van der Waals surface area contributed by atoms with Crippen LogP contribution in [0.5, 0.6) is 0 Å². The standard InChI is InChI=1S/C51H56N6O6/c1-50(2,3)63-49(61)53-28-17-30-55-35-39-32-38(26-27-43(39)54-44(48(55)60)33-46(58)62-4)47(59)56(34-37-18-9-5-10-19-37)36-45-52-29-31-57(45)51(40-20-11-6-12-21-40,41-22-13-7-14-23-41)42-24-15-8-16-25-42/h5-16,18-27,29,31-32,44,47,54,59H,17,28,30,33-36H2,1-4H3,(H,53,61)/t44-,47-/m0/s1. The highest BCUT2D eigenvalue weighted by Crippen LogP contribution is 2.42. The molecule has 326 valence electrons. The van der Waals surface area contributed by atoms with E-state index in [1.807, 2.05) is 84.0 Å². The van der Waals surface area contributed by atoms with Gasteiger partial charge in [-0.2, -0.15) is 0 Å². The van der Waals surface area contributed by atoms with E-state index in [1.165, 1.54) is 7.11 Å². The Kier molecular flexibility index (Phi) is 14.0. The number of anilines is 1. The molecular weight excluding hydrogens is 793 g/mol. The summed E-state index contributed by atoms with van der Waals surface area (Å²) in [6, 6.07) is 46.0. The summed E-state index contributed by atoms with van der Waals surface area (Å²) >= 11 is 0. The van der Waals surface area contributed by atoms with Gasteiger partial charge in [0.2, 0.25) is 5.91 Å². The molecule has 0 radical (unpaired) electrons. The number of ether oxygens (including phenoxy) is 2. The van der Waals surface area contributed by atoms with Crippen LogP contribution in [-0.4, -0.2) is 74.3 Å². The van der Waals surface area contributed by atoms with Gasteiger partial charge in [0, 0.05) is 44.3 Å². The molecule has 0 aliphatic carbocycles. The maximum absolute atomic E-state index is 14.0. The Bertz CT molecular complexity index is 2340. The van der Waals surface area contributed by atoms with E-state index in [2.05, 4.69) is 88.0 Å². The second kappa shape index (κ2) is 20.0. The van der Waals surface area contributed by atoms with Gasteiger partial charge in [-0.05, 0) is 72.7 Å². The number of aliphatic hydroxyl groups is 1. The molecule has 0 saturated heterocycles. The minimum atomic E-state index is -1.10. The van der Waals surface area contributed by atoms with Gasteiger partial charge in [0.05, 0.1) is 20.1 Å². The number of aromatic nitrogens is 2. The van der Waals surface area contributed by atoms with E-state index in [0.29, 0.717) is 30.8 Å². The number of hydrogen-bond donors (Lipinski definition) is 3. The van der Waals surface area contributed by atoms with Crippen LogP contribution in [0.4, 0.5) is 10.5 Å². The summed E-state index contributed by atoms with van der Waals surface area (Å²) < 4.78 is 12.5. The number of rotatable bonds is 16. The lowest BCUT2D eigenvalue weighted by Crippen LogP contribution is -2.43. The highest BCUT2D eigenvalue weighted by Gasteiger charge is 2.40. The Morgan fingerprint density at radius 2 is 1.44 bits per heavy atom. The van der Waals surface area contributed by atoms with Crippen LogP contribution in [0.3, 0.4) is 0 Å². The van der Waals surface area contributed by atoms with Crippen LogP contribution in [0.15, 0.2) is 152 Å². The predicted octanol–water partition coefficient (Wildman–Crippen LogP) is 8.02. The molecule has 2 atom stereocenters. The first kappa shape index (κ1) is 44.3. The van der Waals surface area contributed by atoms with Gasteiger partial charge in [-0.25, -0.2) is 9.78 Å². The summed E-state index contributed by atoms with van der Waals surface area (Å²) in [6.45, 7) is 6.84. The molecule has 0 fully saturated rings. The zero-order valence-electron chi connectivity index (χ0n) is 36.3. The quantitative estimate of drug-likeness (QED) is 0.0383. The summed E-state index contributed by atoms with van der Waals surface area (Å²) in [4.78, 5) is 47.5. The predicted molar refractivity (Wildman–Crippen MR) is 242 cm³/mol. The zero-order valence-corrected chi connectivity index (χ0v) is 36.3. The van der Waals surface area contributed by atoms with E-state index in [-0.39, 0.29) is 32.0 Å². The van der Waals surface area contributed by atoms with E-state index in [1.54, 1.807) is 25.7 Å². The summed E-state index contributed by atoms with van der Waals surface area (Å²) in [5, 5.41) is 18.6. The van der Waals surface area contributed by atoms with Crippen molar-refractivity contribution in [2.75, 3.05) is 25.5 Å². The van der Waals surface area contributed by atoms with E-state index >= 15 is 0 Å². The first-order chi connectivity index (χ1) is 30.5. The minimum Gasteiger partial charge on any atom is -0.469 e. The van der Waals surface area contributed by atoms with Gasteiger partial charge in [0.15, 0.2) is 0 Å². The van der Waals surface area contributed by atoms with Gasteiger partial charge in [-0.1, -0.05) is 127 Å². The van der Waals surface area contributed by atoms with Crippen LogP contribution in [-0.2, 0) is 44.2 Å². The Morgan fingerprint density at radius 1 is 0.857 bits per heavy atom. The van der Waals surface area contributed by atoms with Gasteiger partial charge in [-0.3, -0.25) is 14.5 Å². The maximum atomic E-state index is 14.0. The molecule has 3 N–H and O–H groups in total. The molecule has 0 bridgehead atoms. The molecular formula is C51H56N6O6. The number of carbonyl (C=O) groups excluding carboxylic acids is 3. The molecule has 63 heavy (non-hydrogen) atoms. The Labute approximate surface area is 369 Å². The summed E-state index contributed by atoms with van der Waals surface area (Å²) in [5.41, 5.74) is 4.78. The number of amides is 2. The van der Waals surface area contributed by atoms with Crippen molar-refractivity contribution < 1.29 is 29.0 Å². The lowest BCUT2D eigenvalue weighted by molar-refractivity contribution is -0.144. The Hall–Kier alpha value is -6.76. The van der Waals surface area contributed by atoms with Crippen molar-refractivity contribution in [3.63, 3.8) is 0 Å². The molecule has 2 amide bonds. The summed E-state index contributed by atoms with van der Waals surface area (Å²) in [6.07, 6.45) is 2.48. The number of benzene rings is 5. The Balaban J connectivity index is 1.24. The van der Waals surface area contributed by atoms with Gasteiger partial charge in [-0.15, -0.1) is 0 Å². The average Bonchev–Trinajstić information content (AvgIpc) is 3.71. The molecule has 6 aromatic rings. The number of alkyl carbamates (subject to hydrolysis) is 1. The number of hydrogen-bond acceptors (Lipinski definition) is 9. The normalized spacial score (nSPS) is 14.6. The van der Waals surface area contributed by atoms with Crippen molar-refractivity contribution in [1.82, 2.24) is 24.7 Å². The van der Waals surface area contributed by atoms with Crippen LogP contribution in [0.1, 0.15) is 79.0 Å². The second-order valence-electron chi connectivity index (χ2n) is 16.7. The highest BCUT2D eigenvalue weighted by atomic mass is 16.6. The minimum absolute atomic E-state index is 0.167.